The van der Waals surface area contributed by atoms with Gasteiger partial charge in [-0.05, 0) is 44.2 Å². The Hall–Kier alpha value is -2.54. The van der Waals surface area contributed by atoms with E-state index in [-0.39, 0.29) is 41.5 Å². The molecule has 1 aromatic carbocycles. The monoisotopic (exact) mass is 439 g/mol. The second-order valence-electron chi connectivity index (χ2n) is 9.04. The van der Waals surface area contributed by atoms with Gasteiger partial charge in [0.05, 0.1) is 27.1 Å². The predicted octanol–water partition coefficient (Wildman–Crippen LogP) is 3.71. The molecule has 4 rings (SSSR count). The highest BCUT2D eigenvalue weighted by Crippen LogP contribution is 2.37. The summed E-state index contributed by atoms with van der Waals surface area (Å²) in [5.41, 5.74) is 0.961. The van der Waals surface area contributed by atoms with Crippen LogP contribution in [-0.4, -0.2) is 39.7 Å². The summed E-state index contributed by atoms with van der Waals surface area (Å²) in [6, 6.07) is 7.06. The van der Waals surface area contributed by atoms with Crippen molar-refractivity contribution in [1.82, 2.24) is 15.2 Å². The summed E-state index contributed by atoms with van der Waals surface area (Å²) in [6.07, 6.45) is 6.16. The van der Waals surface area contributed by atoms with Crippen molar-refractivity contribution in [1.29, 1.82) is 0 Å². The van der Waals surface area contributed by atoms with Crippen LogP contribution >= 0.6 is 11.3 Å². The van der Waals surface area contributed by atoms with E-state index in [0.717, 1.165) is 15.2 Å². The van der Waals surface area contributed by atoms with Crippen LogP contribution in [0.1, 0.15) is 45.0 Å². The molecule has 1 N–H and O–H groups in total. The number of imide groups is 1. The molecule has 0 spiro atoms. The summed E-state index contributed by atoms with van der Waals surface area (Å²) in [7, 11) is 0. The minimum Gasteiger partial charge on any atom is -0.351 e. The molecule has 164 valence electrons. The fourth-order valence-electron chi connectivity index (χ4n) is 4.57. The molecule has 1 saturated heterocycles. The number of nitrogens with one attached hydrogen (secondary N) is 1. The van der Waals surface area contributed by atoms with Gasteiger partial charge in [-0.2, -0.15) is 0 Å². The van der Waals surface area contributed by atoms with Crippen molar-refractivity contribution < 1.29 is 14.4 Å². The van der Waals surface area contributed by atoms with Crippen molar-refractivity contribution in [3.05, 3.63) is 41.4 Å². The van der Waals surface area contributed by atoms with E-state index in [1.165, 1.54) is 4.90 Å². The largest absolute Gasteiger partial charge is 0.351 e. The van der Waals surface area contributed by atoms with Gasteiger partial charge in [-0.1, -0.05) is 38.1 Å². The van der Waals surface area contributed by atoms with E-state index in [9.17, 15) is 14.4 Å². The first-order chi connectivity index (χ1) is 14.8. The Labute approximate surface area is 186 Å². The van der Waals surface area contributed by atoms with Crippen LogP contribution in [-0.2, 0) is 20.8 Å². The smallest absolute Gasteiger partial charge is 0.243 e. The van der Waals surface area contributed by atoms with Crippen LogP contribution in [0.2, 0.25) is 0 Å². The molecular formula is C24H29N3O3S. The average Bonchev–Trinajstić information content (AvgIpc) is 3.24. The molecule has 31 heavy (non-hydrogen) atoms. The van der Waals surface area contributed by atoms with Gasteiger partial charge in [-0.25, -0.2) is 4.98 Å². The minimum atomic E-state index is -0.761. The number of carbonyl (C=O) groups is 3. The third-order valence-corrected chi connectivity index (χ3v) is 7.12. The Balaban J connectivity index is 1.47. The first kappa shape index (κ1) is 21.7. The number of fused-ring (bicyclic) bond motifs is 2. The van der Waals surface area contributed by atoms with Gasteiger partial charge < -0.3 is 5.32 Å². The molecule has 0 unspecified atom stereocenters. The van der Waals surface area contributed by atoms with Gasteiger partial charge in [0.25, 0.3) is 0 Å². The Morgan fingerprint density at radius 2 is 1.77 bits per heavy atom. The normalized spacial score (nSPS) is 22.8. The molecule has 0 bridgehead atoms. The minimum absolute atomic E-state index is 0.153. The maximum absolute atomic E-state index is 13.2. The SMILES string of the molecule is CC(C)C[C@H](C(=O)N[C@H](C)Cc1nc2ccccc2s1)N1C(=O)[C@H]2CC=CC[C@@H]2C1=O. The number of thiazole rings is 1. The topological polar surface area (TPSA) is 79.4 Å². The zero-order chi connectivity index (χ0) is 22.1. The number of hydrogen-bond acceptors (Lipinski definition) is 5. The number of nitrogens with zero attached hydrogens (tertiary/aromatic N) is 2. The van der Waals surface area contributed by atoms with E-state index in [4.69, 9.17) is 0 Å². The Kier molecular flexibility index (Phi) is 6.23. The fourth-order valence-corrected chi connectivity index (χ4v) is 5.66. The van der Waals surface area contributed by atoms with E-state index in [1.807, 2.05) is 57.2 Å². The predicted molar refractivity (Wildman–Crippen MR) is 121 cm³/mol. The number of amides is 3. The van der Waals surface area contributed by atoms with Gasteiger partial charge >= 0.3 is 0 Å². The van der Waals surface area contributed by atoms with Crippen molar-refractivity contribution >= 4 is 39.3 Å². The van der Waals surface area contributed by atoms with Crippen LogP contribution in [0.15, 0.2) is 36.4 Å². The molecule has 1 aromatic heterocycles. The van der Waals surface area contributed by atoms with E-state index in [0.29, 0.717) is 25.7 Å². The van der Waals surface area contributed by atoms with Crippen LogP contribution in [0.5, 0.6) is 0 Å². The lowest BCUT2D eigenvalue weighted by atomic mass is 9.85. The standard InChI is InChI=1S/C24H29N3O3S/c1-14(2)12-19(27-23(29)16-8-4-5-9-17(16)24(27)30)22(28)25-15(3)13-21-26-18-10-6-7-11-20(18)31-21/h4-7,10-11,14-17,19H,8-9,12-13H2,1-3H3,(H,25,28)/t15-,16+,17+,19-/m1/s1. The molecule has 0 radical (unpaired) electrons. The number of hydrogen-bond donors (Lipinski definition) is 1. The van der Waals surface area contributed by atoms with E-state index < -0.39 is 6.04 Å². The number of likely N-dealkylation sites (tertiary alicyclic amines) is 1. The molecule has 7 heteroatoms. The third kappa shape index (κ3) is 4.42. The number of para-hydroxylation sites is 1. The summed E-state index contributed by atoms with van der Waals surface area (Å²) in [5.74, 6) is -1.11. The van der Waals surface area contributed by atoms with E-state index >= 15 is 0 Å². The molecule has 1 aliphatic heterocycles. The number of benzene rings is 1. The maximum Gasteiger partial charge on any atom is 0.243 e. The molecule has 6 nitrogen and oxygen atoms in total. The number of carbonyl (C=O) groups excluding carboxylic acids is 3. The molecule has 1 aliphatic carbocycles. The van der Waals surface area contributed by atoms with Crippen molar-refractivity contribution in [3.8, 4) is 0 Å². The number of allylic oxidation sites excluding steroid dienone is 2. The molecule has 2 aliphatic rings. The molecular weight excluding hydrogens is 410 g/mol. The molecule has 2 heterocycles. The molecule has 0 saturated carbocycles. The zero-order valence-corrected chi connectivity index (χ0v) is 19.0. The lowest BCUT2D eigenvalue weighted by Gasteiger charge is -2.28. The molecule has 2 aromatic rings. The van der Waals surface area contributed by atoms with Gasteiger partial charge in [-0.3, -0.25) is 19.3 Å². The van der Waals surface area contributed by atoms with Crippen LogP contribution in [0, 0.1) is 17.8 Å². The van der Waals surface area contributed by atoms with Gasteiger partial charge in [0.15, 0.2) is 0 Å². The first-order valence-electron chi connectivity index (χ1n) is 11.0. The highest BCUT2D eigenvalue weighted by molar-refractivity contribution is 7.18. The molecule has 4 atom stereocenters. The van der Waals surface area contributed by atoms with Crippen molar-refractivity contribution in [2.24, 2.45) is 17.8 Å². The lowest BCUT2D eigenvalue weighted by molar-refractivity contribution is -0.148. The molecule has 1 fully saturated rings. The fraction of sp³-hybridized carbons (Fsp3) is 0.500. The zero-order valence-electron chi connectivity index (χ0n) is 18.2. The summed E-state index contributed by atoms with van der Waals surface area (Å²) in [6.45, 7) is 5.95. The number of aromatic nitrogens is 1. The third-order valence-electron chi connectivity index (χ3n) is 6.06. The quantitative estimate of drug-likeness (QED) is 0.527. The van der Waals surface area contributed by atoms with Crippen LogP contribution in [0.25, 0.3) is 10.2 Å². The van der Waals surface area contributed by atoms with Crippen molar-refractivity contribution in [2.45, 2.75) is 58.5 Å². The second-order valence-corrected chi connectivity index (χ2v) is 10.2. The van der Waals surface area contributed by atoms with E-state index in [1.54, 1.807) is 11.3 Å². The second kappa shape index (κ2) is 8.91. The Bertz CT molecular complexity index is 969. The van der Waals surface area contributed by atoms with E-state index in [2.05, 4.69) is 10.3 Å². The van der Waals surface area contributed by atoms with Crippen LogP contribution in [0.4, 0.5) is 0 Å². The summed E-state index contributed by atoms with van der Waals surface area (Å²) in [4.78, 5) is 45.2. The van der Waals surface area contributed by atoms with Crippen LogP contribution < -0.4 is 5.32 Å². The molecule has 3 amide bonds. The van der Waals surface area contributed by atoms with Crippen LogP contribution in [0.3, 0.4) is 0 Å². The van der Waals surface area contributed by atoms with Crippen molar-refractivity contribution in [3.63, 3.8) is 0 Å². The summed E-state index contributed by atoms with van der Waals surface area (Å²) >= 11 is 1.62. The summed E-state index contributed by atoms with van der Waals surface area (Å²) in [5, 5.41) is 4.00. The lowest BCUT2D eigenvalue weighted by Crippen LogP contribution is -2.52. The van der Waals surface area contributed by atoms with Gasteiger partial charge in [0.2, 0.25) is 17.7 Å². The van der Waals surface area contributed by atoms with Gasteiger partial charge in [0.1, 0.15) is 6.04 Å². The average molecular weight is 440 g/mol. The van der Waals surface area contributed by atoms with Crippen molar-refractivity contribution in [2.75, 3.05) is 0 Å². The first-order valence-corrected chi connectivity index (χ1v) is 11.8. The Morgan fingerprint density at radius 3 is 2.39 bits per heavy atom. The number of rotatable bonds is 7. The van der Waals surface area contributed by atoms with Gasteiger partial charge in [0, 0.05) is 12.5 Å². The highest BCUT2D eigenvalue weighted by atomic mass is 32.1. The summed E-state index contributed by atoms with van der Waals surface area (Å²) < 4.78 is 1.12. The Morgan fingerprint density at radius 1 is 1.13 bits per heavy atom. The maximum atomic E-state index is 13.2. The van der Waals surface area contributed by atoms with Gasteiger partial charge in [-0.15, -0.1) is 11.3 Å². The highest BCUT2D eigenvalue weighted by Gasteiger charge is 2.51.